The van der Waals surface area contributed by atoms with Crippen molar-refractivity contribution in [2.45, 2.75) is 13.5 Å². The van der Waals surface area contributed by atoms with Crippen LogP contribution < -0.4 is 0 Å². The molecule has 3 nitrogen and oxygen atoms in total. The first-order valence-electron chi connectivity index (χ1n) is 6.60. The molecule has 0 unspecified atom stereocenters. The largest absolute Gasteiger partial charge is 0.457 e. The van der Waals surface area contributed by atoms with E-state index >= 15 is 0 Å². The second kappa shape index (κ2) is 3.97. The molecule has 1 aromatic heterocycles. The van der Waals surface area contributed by atoms with Gasteiger partial charge in [-0.05, 0) is 43.3 Å². The van der Waals surface area contributed by atoms with E-state index in [4.69, 9.17) is 4.74 Å². The van der Waals surface area contributed by atoms with Crippen molar-refractivity contribution in [2.24, 2.45) is 0 Å². The number of fused-ring (bicyclic) bond motifs is 2. The van der Waals surface area contributed by atoms with Gasteiger partial charge in [0.25, 0.3) is 0 Å². The number of carbonyl (C=O) groups excluding carboxylic acids is 1. The smallest absolute Gasteiger partial charge is 0.338 e. The predicted octanol–water partition coefficient (Wildman–Crippen LogP) is 3.61. The molecule has 2 aromatic carbocycles. The van der Waals surface area contributed by atoms with Gasteiger partial charge in [0.05, 0.1) is 11.1 Å². The Morgan fingerprint density at radius 2 is 2.00 bits per heavy atom. The molecule has 1 aliphatic rings. The number of nitrogens with zero attached hydrogens (tertiary/aromatic N) is 1. The standard InChI is InChI=1S/C17H13NO2/c1-11-2-5-16-12(8-11)6-7-18(16)14-3-4-15-13(9-14)10-20-17(15)19/h2-9H,10H2,1H3. The van der Waals surface area contributed by atoms with Gasteiger partial charge in [0.15, 0.2) is 0 Å². The monoisotopic (exact) mass is 263 g/mol. The number of hydrogen-bond acceptors (Lipinski definition) is 2. The number of benzene rings is 2. The maximum absolute atomic E-state index is 11.5. The van der Waals surface area contributed by atoms with Gasteiger partial charge < -0.3 is 9.30 Å². The number of rotatable bonds is 1. The number of aryl methyl sites for hydroxylation is 1. The van der Waals surface area contributed by atoms with Gasteiger partial charge in [0.1, 0.15) is 6.61 Å². The molecule has 0 spiro atoms. The summed E-state index contributed by atoms with van der Waals surface area (Å²) in [6.07, 6.45) is 2.06. The van der Waals surface area contributed by atoms with E-state index in [1.807, 2.05) is 18.2 Å². The third-order valence-electron chi connectivity index (χ3n) is 3.79. The van der Waals surface area contributed by atoms with Crippen LogP contribution in [0.5, 0.6) is 0 Å². The Hall–Kier alpha value is -2.55. The van der Waals surface area contributed by atoms with Crippen LogP contribution in [0.4, 0.5) is 0 Å². The zero-order valence-corrected chi connectivity index (χ0v) is 11.1. The molecule has 0 amide bonds. The van der Waals surface area contributed by atoms with Gasteiger partial charge in [-0.3, -0.25) is 0 Å². The van der Waals surface area contributed by atoms with Gasteiger partial charge in [-0.25, -0.2) is 4.79 Å². The zero-order valence-electron chi connectivity index (χ0n) is 11.1. The van der Waals surface area contributed by atoms with Crippen LogP contribution in [0, 0.1) is 6.92 Å². The van der Waals surface area contributed by atoms with Crippen molar-refractivity contribution in [1.29, 1.82) is 0 Å². The summed E-state index contributed by atoms with van der Waals surface area (Å²) in [5, 5.41) is 1.22. The van der Waals surface area contributed by atoms with Crippen LogP contribution in [0.1, 0.15) is 21.5 Å². The molecule has 1 aliphatic heterocycles. The summed E-state index contributed by atoms with van der Waals surface area (Å²) in [6.45, 7) is 2.47. The van der Waals surface area contributed by atoms with Crippen molar-refractivity contribution in [3.8, 4) is 5.69 Å². The van der Waals surface area contributed by atoms with Crippen LogP contribution in [0.3, 0.4) is 0 Å². The van der Waals surface area contributed by atoms with Crippen molar-refractivity contribution in [3.63, 3.8) is 0 Å². The third kappa shape index (κ3) is 1.56. The maximum atomic E-state index is 11.5. The first-order chi connectivity index (χ1) is 9.72. The van der Waals surface area contributed by atoms with E-state index in [0.717, 1.165) is 11.3 Å². The van der Waals surface area contributed by atoms with Gasteiger partial charge >= 0.3 is 5.97 Å². The molecule has 0 aliphatic carbocycles. The second-order valence-electron chi connectivity index (χ2n) is 5.17. The van der Waals surface area contributed by atoms with Crippen molar-refractivity contribution < 1.29 is 9.53 Å². The summed E-state index contributed by atoms with van der Waals surface area (Å²) >= 11 is 0. The van der Waals surface area contributed by atoms with Crippen LogP contribution in [0.25, 0.3) is 16.6 Å². The highest BCUT2D eigenvalue weighted by Crippen LogP contribution is 2.26. The number of ether oxygens (including phenoxy) is 1. The lowest BCUT2D eigenvalue weighted by Crippen LogP contribution is -1.96. The Morgan fingerprint density at radius 1 is 1.10 bits per heavy atom. The molecule has 0 radical (unpaired) electrons. The molecule has 4 rings (SSSR count). The molecule has 3 aromatic rings. The van der Waals surface area contributed by atoms with E-state index in [1.54, 1.807) is 0 Å². The van der Waals surface area contributed by atoms with Gasteiger partial charge in [-0.2, -0.15) is 0 Å². The minimum atomic E-state index is -0.223. The summed E-state index contributed by atoms with van der Waals surface area (Å²) in [5.74, 6) is -0.223. The highest BCUT2D eigenvalue weighted by Gasteiger charge is 2.21. The SMILES string of the molecule is Cc1ccc2c(ccn2-c2ccc3c(c2)COC3=O)c1. The molecular formula is C17H13NO2. The number of carbonyl (C=O) groups is 1. The van der Waals surface area contributed by atoms with E-state index < -0.39 is 0 Å². The van der Waals surface area contributed by atoms with E-state index in [-0.39, 0.29) is 5.97 Å². The summed E-state index contributed by atoms with van der Waals surface area (Å²) in [5.41, 5.74) is 5.12. The van der Waals surface area contributed by atoms with Crippen LogP contribution in [0.2, 0.25) is 0 Å². The van der Waals surface area contributed by atoms with Gasteiger partial charge in [0, 0.05) is 22.8 Å². The fourth-order valence-electron chi connectivity index (χ4n) is 2.76. The van der Waals surface area contributed by atoms with E-state index in [0.29, 0.717) is 12.2 Å². The number of hydrogen-bond donors (Lipinski definition) is 0. The van der Waals surface area contributed by atoms with Crippen LogP contribution >= 0.6 is 0 Å². The highest BCUT2D eigenvalue weighted by molar-refractivity contribution is 5.93. The van der Waals surface area contributed by atoms with Crippen LogP contribution in [-0.4, -0.2) is 10.5 Å². The molecule has 20 heavy (non-hydrogen) atoms. The number of aromatic nitrogens is 1. The molecule has 0 bridgehead atoms. The van der Waals surface area contributed by atoms with Crippen LogP contribution in [0.15, 0.2) is 48.7 Å². The maximum Gasteiger partial charge on any atom is 0.338 e. The van der Waals surface area contributed by atoms with E-state index in [9.17, 15) is 4.79 Å². The minimum absolute atomic E-state index is 0.223. The van der Waals surface area contributed by atoms with Crippen molar-refractivity contribution in [3.05, 3.63) is 65.4 Å². The molecular weight excluding hydrogens is 250 g/mol. The molecule has 0 N–H and O–H groups in total. The number of cyclic esters (lactones) is 1. The summed E-state index contributed by atoms with van der Waals surface area (Å²) < 4.78 is 7.19. The minimum Gasteiger partial charge on any atom is -0.457 e. The lowest BCUT2D eigenvalue weighted by molar-refractivity contribution is 0.0535. The topological polar surface area (TPSA) is 31.2 Å². The van der Waals surface area contributed by atoms with Gasteiger partial charge in [-0.15, -0.1) is 0 Å². The average Bonchev–Trinajstić information content (AvgIpc) is 3.02. The average molecular weight is 263 g/mol. The summed E-state index contributed by atoms with van der Waals surface area (Å²) in [6, 6.07) is 14.4. The van der Waals surface area contributed by atoms with Gasteiger partial charge in [-0.1, -0.05) is 11.6 Å². The Balaban J connectivity index is 1.89. The molecule has 3 heteroatoms. The molecule has 0 atom stereocenters. The molecule has 0 fully saturated rings. The third-order valence-corrected chi connectivity index (χ3v) is 3.79. The van der Waals surface area contributed by atoms with Crippen molar-refractivity contribution >= 4 is 16.9 Å². The van der Waals surface area contributed by atoms with Crippen molar-refractivity contribution in [2.75, 3.05) is 0 Å². The highest BCUT2D eigenvalue weighted by atomic mass is 16.5. The lowest BCUT2D eigenvalue weighted by Gasteiger charge is -2.07. The Morgan fingerprint density at radius 3 is 2.90 bits per heavy atom. The molecule has 0 saturated carbocycles. The Labute approximate surface area is 116 Å². The molecule has 2 heterocycles. The first-order valence-corrected chi connectivity index (χ1v) is 6.60. The normalized spacial score (nSPS) is 13.6. The lowest BCUT2D eigenvalue weighted by atomic mass is 10.1. The number of esters is 1. The van der Waals surface area contributed by atoms with E-state index in [1.165, 1.54) is 16.5 Å². The van der Waals surface area contributed by atoms with Gasteiger partial charge in [0.2, 0.25) is 0 Å². The van der Waals surface area contributed by atoms with E-state index in [2.05, 4.69) is 42.0 Å². The fourth-order valence-corrected chi connectivity index (χ4v) is 2.76. The summed E-state index contributed by atoms with van der Waals surface area (Å²) in [4.78, 5) is 11.5. The Kier molecular flexibility index (Phi) is 2.24. The quantitative estimate of drug-likeness (QED) is 0.628. The first kappa shape index (κ1) is 11.3. The second-order valence-corrected chi connectivity index (χ2v) is 5.17. The Bertz CT molecular complexity index is 845. The fraction of sp³-hybridized carbons (Fsp3) is 0.118. The molecule has 0 saturated heterocycles. The molecule has 98 valence electrons. The summed E-state index contributed by atoms with van der Waals surface area (Å²) in [7, 11) is 0. The predicted molar refractivity (Wildman–Crippen MR) is 77.1 cm³/mol. The zero-order chi connectivity index (χ0) is 13.7. The van der Waals surface area contributed by atoms with Crippen LogP contribution in [-0.2, 0) is 11.3 Å². The van der Waals surface area contributed by atoms with Crippen molar-refractivity contribution in [1.82, 2.24) is 4.57 Å².